The number of hydrogen-bond acceptors (Lipinski definition) is 5. The Morgan fingerprint density at radius 1 is 1.59 bits per heavy atom. The molecule has 0 aliphatic carbocycles. The maximum absolute atomic E-state index is 10.8. The smallest absolute Gasteiger partial charge is 0.339 e. The van der Waals surface area contributed by atoms with Gasteiger partial charge < -0.3 is 14.8 Å². The largest absolute Gasteiger partial charge is 0.478 e. The van der Waals surface area contributed by atoms with Crippen LogP contribution in [0.1, 0.15) is 21.8 Å². The number of aromatic carboxylic acids is 1. The minimum absolute atomic E-state index is 0.105. The molecule has 0 amide bonds. The van der Waals surface area contributed by atoms with E-state index < -0.39 is 5.97 Å². The Labute approximate surface area is 97.3 Å². The van der Waals surface area contributed by atoms with E-state index >= 15 is 0 Å². The van der Waals surface area contributed by atoms with E-state index in [0.717, 1.165) is 5.76 Å². The quantitative estimate of drug-likeness (QED) is 0.835. The van der Waals surface area contributed by atoms with E-state index in [4.69, 9.17) is 9.52 Å². The van der Waals surface area contributed by atoms with Gasteiger partial charge in [-0.3, -0.25) is 0 Å². The molecule has 88 valence electrons. The number of carboxylic acid groups (broad SMARTS) is 1. The van der Waals surface area contributed by atoms with Crippen molar-refractivity contribution < 1.29 is 14.3 Å². The van der Waals surface area contributed by atoms with Crippen LogP contribution in [0, 0.1) is 6.92 Å². The van der Waals surface area contributed by atoms with Gasteiger partial charge in [0.1, 0.15) is 5.76 Å². The SMILES string of the molecule is Cc1nc(NCc2ccco2)ncc1C(=O)O. The second-order valence-electron chi connectivity index (χ2n) is 3.43. The van der Waals surface area contributed by atoms with Crippen LogP contribution < -0.4 is 5.32 Å². The van der Waals surface area contributed by atoms with E-state index in [1.807, 2.05) is 6.07 Å². The number of nitrogens with zero attached hydrogens (tertiary/aromatic N) is 2. The van der Waals surface area contributed by atoms with Crippen molar-refractivity contribution in [1.29, 1.82) is 0 Å². The third-order valence-electron chi connectivity index (χ3n) is 2.21. The number of carbonyl (C=O) groups is 1. The molecule has 0 aromatic carbocycles. The minimum atomic E-state index is -1.03. The summed E-state index contributed by atoms with van der Waals surface area (Å²) in [5.41, 5.74) is 0.531. The number of anilines is 1. The van der Waals surface area contributed by atoms with Gasteiger partial charge in [-0.05, 0) is 19.1 Å². The van der Waals surface area contributed by atoms with E-state index in [1.54, 1.807) is 19.3 Å². The topological polar surface area (TPSA) is 88.3 Å². The highest BCUT2D eigenvalue weighted by Crippen LogP contribution is 2.08. The van der Waals surface area contributed by atoms with Gasteiger partial charge in [0.15, 0.2) is 0 Å². The lowest BCUT2D eigenvalue weighted by Crippen LogP contribution is -2.08. The maximum atomic E-state index is 10.8. The van der Waals surface area contributed by atoms with E-state index in [9.17, 15) is 4.79 Å². The molecule has 0 atom stereocenters. The molecular formula is C11H11N3O3. The van der Waals surface area contributed by atoms with Crippen molar-refractivity contribution in [3.63, 3.8) is 0 Å². The summed E-state index contributed by atoms with van der Waals surface area (Å²) in [6.07, 6.45) is 2.87. The molecule has 6 nitrogen and oxygen atoms in total. The Morgan fingerprint density at radius 2 is 2.41 bits per heavy atom. The lowest BCUT2D eigenvalue weighted by molar-refractivity contribution is 0.0695. The Balaban J connectivity index is 2.07. The van der Waals surface area contributed by atoms with Gasteiger partial charge in [-0.2, -0.15) is 0 Å². The highest BCUT2D eigenvalue weighted by molar-refractivity contribution is 5.88. The Bertz CT molecular complexity index is 523. The number of aromatic nitrogens is 2. The highest BCUT2D eigenvalue weighted by Gasteiger charge is 2.09. The molecule has 2 aromatic rings. The first-order valence-electron chi connectivity index (χ1n) is 5.00. The van der Waals surface area contributed by atoms with Gasteiger partial charge in [-0.25, -0.2) is 14.8 Å². The van der Waals surface area contributed by atoms with E-state index in [0.29, 0.717) is 18.2 Å². The van der Waals surface area contributed by atoms with Crippen molar-refractivity contribution in [1.82, 2.24) is 9.97 Å². The third kappa shape index (κ3) is 2.60. The molecule has 2 rings (SSSR count). The summed E-state index contributed by atoms with van der Waals surface area (Å²) >= 11 is 0. The second kappa shape index (κ2) is 4.65. The van der Waals surface area contributed by atoms with Crippen LogP contribution in [0.5, 0.6) is 0 Å². The zero-order valence-corrected chi connectivity index (χ0v) is 9.17. The first kappa shape index (κ1) is 11.1. The Morgan fingerprint density at radius 3 is 3.00 bits per heavy atom. The van der Waals surface area contributed by atoms with Crippen molar-refractivity contribution >= 4 is 11.9 Å². The molecule has 0 bridgehead atoms. The lowest BCUT2D eigenvalue weighted by atomic mass is 10.2. The maximum Gasteiger partial charge on any atom is 0.339 e. The molecule has 0 aliphatic rings. The van der Waals surface area contributed by atoms with Gasteiger partial charge in [-0.15, -0.1) is 0 Å². The monoisotopic (exact) mass is 233 g/mol. The van der Waals surface area contributed by atoms with Crippen molar-refractivity contribution in [2.24, 2.45) is 0 Å². The number of nitrogens with one attached hydrogen (secondary N) is 1. The number of furan rings is 1. The molecule has 17 heavy (non-hydrogen) atoms. The first-order chi connectivity index (χ1) is 8.16. The summed E-state index contributed by atoms with van der Waals surface area (Å²) in [5.74, 6) is 0.109. The molecule has 0 spiro atoms. The van der Waals surface area contributed by atoms with Crippen LogP contribution in [0.3, 0.4) is 0 Å². The van der Waals surface area contributed by atoms with Crippen LogP contribution in [0.25, 0.3) is 0 Å². The van der Waals surface area contributed by atoms with Crippen molar-refractivity contribution in [3.05, 3.63) is 41.6 Å². The summed E-state index contributed by atoms with van der Waals surface area (Å²) in [6.45, 7) is 2.09. The van der Waals surface area contributed by atoms with Gasteiger partial charge >= 0.3 is 5.97 Å². The highest BCUT2D eigenvalue weighted by atomic mass is 16.4. The van der Waals surface area contributed by atoms with Gasteiger partial charge in [0.2, 0.25) is 5.95 Å². The molecule has 0 fully saturated rings. The second-order valence-corrected chi connectivity index (χ2v) is 3.43. The average Bonchev–Trinajstić information content (AvgIpc) is 2.78. The van der Waals surface area contributed by atoms with Crippen LogP contribution in [-0.2, 0) is 6.54 Å². The van der Waals surface area contributed by atoms with Crippen LogP contribution in [0.15, 0.2) is 29.0 Å². The molecule has 0 radical (unpaired) electrons. The molecular weight excluding hydrogens is 222 g/mol. The van der Waals surface area contributed by atoms with Crippen LogP contribution in [-0.4, -0.2) is 21.0 Å². The predicted octanol–water partition coefficient (Wildman–Crippen LogP) is 1.69. The zero-order chi connectivity index (χ0) is 12.3. The van der Waals surface area contributed by atoms with Gasteiger partial charge in [0, 0.05) is 6.20 Å². The Kier molecular flexibility index (Phi) is 3.04. The molecule has 2 N–H and O–H groups in total. The minimum Gasteiger partial charge on any atom is -0.478 e. The van der Waals surface area contributed by atoms with Crippen molar-refractivity contribution in [2.75, 3.05) is 5.32 Å². The molecule has 2 aromatic heterocycles. The predicted molar refractivity (Wildman–Crippen MR) is 59.8 cm³/mol. The summed E-state index contributed by atoms with van der Waals surface area (Å²) in [5, 5.41) is 11.8. The summed E-state index contributed by atoms with van der Waals surface area (Å²) in [6, 6.07) is 3.61. The van der Waals surface area contributed by atoms with Gasteiger partial charge in [0.25, 0.3) is 0 Å². The van der Waals surface area contributed by atoms with Crippen LogP contribution in [0.2, 0.25) is 0 Å². The van der Waals surface area contributed by atoms with Crippen LogP contribution in [0.4, 0.5) is 5.95 Å². The standard InChI is InChI=1S/C11H11N3O3/c1-7-9(10(15)16)6-13-11(14-7)12-5-8-3-2-4-17-8/h2-4,6H,5H2,1H3,(H,15,16)(H,12,13,14). The summed E-state index contributed by atoms with van der Waals surface area (Å²) in [7, 11) is 0. The fraction of sp³-hybridized carbons (Fsp3) is 0.182. The fourth-order valence-electron chi connectivity index (χ4n) is 1.34. The normalized spacial score (nSPS) is 10.2. The number of rotatable bonds is 4. The zero-order valence-electron chi connectivity index (χ0n) is 9.17. The first-order valence-corrected chi connectivity index (χ1v) is 5.00. The van der Waals surface area contributed by atoms with Gasteiger partial charge in [-0.1, -0.05) is 0 Å². The van der Waals surface area contributed by atoms with E-state index in [-0.39, 0.29) is 5.56 Å². The van der Waals surface area contributed by atoms with E-state index in [1.165, 1.54) is 6.20 Å². The summed E-state index contributed by atoms with van der Waals surface area (Å²) < 4.78 is 5.14. The average molecular weight is 233 g/mol. The number of carboxylic acids is 1. The summed E-state index contributed by atoms with van der Waals surface area (Å²) in [4.78, 5) is 18.7. The third-order valence-corrected chi connectivity index (χ3v) is 2.21. The molecule has 0 aliphatic heterocycles. The van der Waals surface area contributed by atoms with Gasteiger partial charge in [0.05, 0.1) is 24.1 Å². The number of aryl methyl sites for hydroxylation is 1. The van der Waals surface area contributed by atoms with Crippen molar-refractivity contribution in [3.8, 4) is 0 Å². The van der Waals surface area contributed by atoms with Crippen molar-refractivity contribution in [2.45, 2.75) is 13.5 Å². The van der Waals surface area contributed by atoms with E-state index in [2.05, 4.69) is 15.3 Å². The fourth-order valence-corrected chi connectivity index (χ4v) is 1.34. The van der Waals surface area contributed by atoms with Crippen LogP contribution >= 0.6 is 0 Å². The molecule has 2 heterocycles. The number of hydrogen-bond donors (Lipinski definition) is 2. The molecule has 0 saturated heterocycles. The molecule has 6 heteroatoms. The lowest BCUT2D eigenvalue weighted by Gasteiger charge is -2.04. The Hall–Kier alpha value is -2.37. The molecule has 0 saturated carbocycles. The molecule has 0 unspecified atom stereocenters.